The number of imidazole rings is 1. The van der Waals surface area contributed by atoms with Crippen LogP contribution in [0.25, 0.3) is 16.6 Å². The third-order valence-corrected chi connectivity index (χ3v) is 5.84. The smallest absolute Gasteiger partial charge is 0.259 e. The average Bonchev–Trinajstić information content (AvgIpc) is 3.17. The summed E-state index contributed by atoms with van der Waals surface area (Å²) in [5, 5.41) is 7.38. The number of carbonyl (C=O) groups is 1. The summed E-state index contributed by atoms with van der Waals surface area (Å²) in [4.78, 5) is 29.3. The fraction of sp³-hybridized carbons (Fsp3) is 0.333. The van der Waals surface area contributed by atoms with E-state index in [1.54, 1.807) is 25.6 Å². The first-order valence-corrected chi connectivity index (χ1v) is 11.0. The zero-order valence-corrected chi connectivity index (χ0v) is 19.2. The van der Waals surface area contributed by atoms with Gasteiger partial charge in [0, 0.05) is 61.4 Å². The van der Waals surface area contributed by atoms with Gasteiger partial charge < -0.3 is 24.7 Å². The zero-order valence-electron chi connectivity index (χ0n) is 19.2. The Balaban J connectivity index is 1.50. The number of aromatic nitrogens is 4. The SMILES string of the molecule is COc1cc(NC(=O)c2cnc(N3C[C@@H](C)N[C@H](C)C3)c3cccnc23)cn2cc(C)nc12. The molecule has 1 aliphatic rings. The number of hydrogen-bond donors (Lipinski definition) is 2. The molecule has 9 heteroatoms. The number of nitrogens with zero attached hydrogens (tertiary/aromatic N) is 5. The van der Waals surface area contributed by atoms with E-state index in [1.807, 2.05) is 35.9 Å². The number of methoxy groups -OCH3 is 1. The van der Waals surface area contributed by atoms with Crippen LogP contribution in [-0.2, 0) is 0 Å². The first-order valence-electron chi connectivity index (χ1n) is 11.0. The van der Waals surface area contributed by atoms with Gasteiger partial charge >= 0.3 is 0 Å². The van der Waals surface area contributed by atoms with Crippen molar-refractivity contribution in [3.05, 3.63) is 54.2 Å². The number of rotatable bonds is 4. The standard InChI is InChI=1S/C24H27N7O2/c1-14-10-30(11-15(2)27-14)22-18-6-5-7-25-21(18)19(9-26-22)24(32)29-17-8-20(33-4)23-28-16(3)12-31(23)13-17/h5-9,12-15,27H,10-11H2,1-4H3,(H,29,32)/t14-,15-/m1/s1. The second-order valence-corrected chi connectivity index (χ2v) is 8.63. The molecule has 4 aromatic rings. The lowest BCUT2D eigenvalue weighted by Crippen LogP contribution is -2.54. The molecule has 1 fully saturated rings. The highest BCUT2D eigenvalue weighted by Crippen LogP contribution is 2.29. The third kappa shape index (κ3) is 3.95. The normalized spacial score (nSPS) is 18.6. The Morgan fingerprint density at radius 1 is 1.21 bits per heavy atom. The van der Waals surface area contributed by atoms with Gasteiger partial charge in [0.25, 0.3) is 5.91 Å². The predicted octanol–water partition coefficient (Wildman–Crippen LogP) is 3.03. The topological polar surface area (TPSA) is 96.7 Å². The predicted molar refractivity (Wildman–Crippen MR) is 128 cm³/mol. The van der Waals surface area contributed by atoms with Crippen molar-refractivity contribution in [1.82, 2.24) is 24.7 Å². The van der Waals surface area contributed by atoms with Gasteiger partial charge in [0.1, 0.15) is 5.82 Å². The van der Waals surface area contributed by atoms with Crippen LogP contribution in [0.1, 0.15) is 29.9 Å². The number of anilines is 2. The van der Waals surface area contributed by atoms with Gasteiger partial charge in [-0.3, -0.25) is 9.78 Å². The molecule has 2 atom stereocenters. The van der Waals surface area contributed by atoms with E-state index in [-0.39, 0.29) is 5.91 Å². The van der Waals surface area contributed by atoms with Gasteiger partial charge in [-0.2, -0.15) is 0 Å². The second-order valence-electron chi connectivity index (χ2n) is 8.63. The number of nitrogens with one attached hydrogen (secondary N) is 2. The van der Waals surface area contributed by atoms with Crippen molar-refractivity contribution in [1.29, 1.82) is 0 Å². The number of aryl methyl sites for hydroxylation is 1. The highest BCUT2D eigenvalue weighted by molar-refractivity contribution is 6.13. The van der Waals surface area contributed by atoms with Gasteiger partial charge in [-0.25, -0.2) is 9.97 Å². The van der Waals surface area contributed by atoms with E-state index in [0.29, 0.717) is 40.2 Å². The lowest BCUT2D eigenvalue weighted by Gasteiger charge is -2.37. The molecular weight excluding hydrogens is 418 g/mol. The van der Waals surface area contributed by atoms with E-state index in [2.05, 4.69) is 39.3 Å². The Hall–Kier alpha value is -3.72. The van der Waals surface area contributed by atoms with Gasteiger partial charge in [-0.05, 0) is 32.9 Å². The van der Waals surface area contributed by atoms with E-state index < -0.39 is 0 Å². The van der Waals surface area contributed by atoms with Crippen molar-refractivity contribution in [3.8, 4) is 5.75 Å². The van der Waals surface area contributed by atoms with Crippen LogP contribution in [0.2, 0.25) is 0 Å². The lowest BCUT2D eigenvalue weighted by molar-refractivity contribution is 0.102. The maximum Gasteiger partial charge on any atom is 0.259 e. The van der Waals surface area contributed by atoms with Crippen molar-refractivity contribution >= 4 is 34.0 Å². The number of fused-ring (bicyclic) bond motifs is 2. The molecule has 33 heavy (non-hydrogen) atoms. The lowest BCUT2D eigenvalue weighted by atomic mass is 10.1. The van der Waals surface area contributed by atoms with Crippen LogP contribution < -0.4 is 20.3 Å². The molecular formula is C24H27N7O2. The van der Waals surface area contributed by atoms with Crippen molar-refractivity contribution in [3.63, 3.8) is 0 Å². The highest BCUT2D eigenvalue weighted by atomic mass is 16.5. The van der Waals surface area contributed by atoms with Crippen molar-refractivity contribution in [2.24, 2.45) is 0 Å². The maximum atomic E-state index is 13.3. The number of carbonyl (C=O) groups excluding carboxylic acids is 1. The minimum absolute atomic E-state index is 0.280. The molecule has 0 unspecified atom stereocenters. The molecule has 0 aromatic carbocycles. The fourth-order valence-corrected chi connectivity index (χ4v) is 4.58. The Bertz CT molecular complexity index is 1340. The summed E-state index contributed by atoms with van der Waals surface area (Å²) in [6.07, 6.45) is 7.02. The van der Waals surface area contributed by atoms with E-state index in [4.69, 9.17) is 9.72 Å². The van der Waals surface area contributed by atoms with Crippen LogP contribution in [0.4, 0.5) is 11.5 Å². The monoisotopic (exact) mass is 445 g/mol. The molecule has 5 rings (SSSR count). The minimum atomic E-state index is -0.280. The summed E-state index contributed by atoms with van der Waals surface area (Å²) >= 11 is 0. The molecule has 5 heterocycles. The number of amides is 1. The Morgan fingerprint density at radius 2 is 2.00 bits per heavy atom. The molecule has 0 bridgehead atoms. The number of pyridine rings is 3. The summed E-state index contributed by atoms with van der Waals surface area (Å²) < 4.78 is 7.31. The van der Waals surface area contributed by atoms with Gasteiger partial charge in [0.15, 0.2) is 11.4 Å². The Kier molecular flexibility index (Phi) is 5.33. The largest absolute Gasteiger partial charge is 0.493 e. The Morgan fingerprint density at radius 3 is 2.76 bits per heavy atom. The first-order chi connectivity index (χ1) is 15.9. The van der Waals surface area contributed by atoms with Gasteiger partial charge in [0.05, 0.1) is 29.6 Å². The molecule has 0 saturated carbocycles. The number of hydrogen-bond acceptors (Lipinski definition) is 7. The van der Waals surface area contributed by atoms with E-state index in [0.717, 1.165) is 30.0 Å². The highest BCUT2D eigenvalue weighted by Gasteiger charge is 2.25. The van der Waals surface area contributed by atoms with Crippen molar-refractivity contribution < 1.29 is 9.53 Å². The summed E-state index contributed by atoms with van der Waals surface area (Å²) in [7, 11) is 1.59. The van der Waals surface area contributed by atoms with Gasteiger partial charge in [-0.15, -0.1) is 0 Å². The minimum Gasteiger partial charge on any atom is -0.493 e. The van der Waals surface area contributed by atoms with Crippen LogP contribution in [0.15, 0.2) is 43.0 Å². The van der Waals surface area contributed by atoms with Crippen LogP contribution in [0.5, 0.6) is 5.75 Å². The van der Waals surface area contributed by atoms with E-state index in [9.17, 15) is 4.79 Å². The molecule has 0 radical (unpaired) electrons. The molecule has 1 saturated heterocycles. The molecule has 170 valence electrons. The molecule has 1 aliphatic heterocycles. The first kappa shape index (κ1) is 21.1. The molecule has 0 spiro atoms. The number of piperazine rings is 1. The molecule has 0 aliphatic carbocycles. The average molecular weight is 446 g/mol. The van der Waals surface area contributed by atoms with Crippen molar-refractivity contribution in [2.75, 3.05) is 30.4 Å². The van der Waals surface area contributed by atoms with Crippen molar-refractivity contribution in [2.45, 2.75) is 32.9 Å². The molecule has 4 aromatic heterocycles. The quantitative estimate of drug-likeness (QED) is 0.498. The van der Waals surface area contributed by atoms with Crippen LogP contribution in [0, 0.1) is 6.92 Å². The van der Waals surface area contributed by atoms with Crippen LogP contribution in [-0.4, -0.2) is 57.5 Å². The van der Waals surface area contributed by atoms with Crippen LogP contribution in [0.3, 0.4) is 0 Å². The summed E-state index contributed by atoms with van der Waals surface area (Å²) in [6.45, 7) is 7.93. The summed E-state index contributed by atoms with van der Waals surface area (Å²) in [5.41, 5.74) is 3.21. The van der Waals surface area contributed by atoms with E-state index in [1.165, 1.54) is 0 Å². The molecule has 9 nitrogen and oxygen atoms in total. The van der Waals surface area contributed by atoms with Crippen LogP contribution >= 0.6 is 0 Å². The summed E-state index contributed by atoms with van der Waals surface area (Å²) in [5.74, 6) is 1.16. The van der Waals surface area contributed by atoms with Gasteiger partial charge in [-0.1, -0.05) is 0 Å². The van der Waals surface area contributed by atoms with E-state index >= 15 is 0 Å². The zero-order chi connectivity index (χ0) is 23.1. The fourth-order valence-electron chi connectivity index (χ4n) is 4.58. The van der Waals surface area contributed by atoms with Gasteiger partial charge in [0.2, 0.25) is 0 Å². The molecule has 2 N–H and O–H groups in total. The molecule has 1 amide bonds. The Labute approximate surface area is 191 Å². The third-order valence-electron chi connectivity index (χ3n) is 5.84. The summed E-state index contributed by atoms with van der Waals surface area (Å²) in [6, 6.07) is 6.32. The maximum absolute atomic E-state index is 13.3. The second kappa shape index (κ2) is 8.32. The number of ether oxygens (including phenoxy) is 1.